The highest BCUT2D eigenvalue weighted by molar-refractivity contribution is 7.71. The van der Waals surface area contributed by atoms with Crippen molar-refractivity contribution in [2.75, 3.05) is 13.7 Å². The monoisotopic (exact) mass is 441 g/mol. The fraction of sp³-hybridized carbons (Fsp3) is 0.364. The Bertz CT molecular complexity index is 1220. The SMILES string of the molecule is COCCn1c(O)c(C(C)=Nc2cc(C(C)(C)C)nn2-c2ccccc2)c(=O)[nH]c1=S. The molecule has 0 aliphatic rings. The van der Waals surface area contributed by atoms with Gasteiger partial charge < -0.3 is 9.84 Å². The molecule has 3 rings (SSSR count). The second-order valence-electron chi connectivity index (χ2n) is 8.18. The number of aromatic amines is 1. The first-order chi connectivity index (χ1) is 14.6. The summed E-state index contributed by atoms with van der Waals surface area (Å²) >= 11 is 5.18. The molecule has 164 valence electrons. The summed E-state index contributed by atoms with van der Waals surface area (Å²) in [4.78, 5) is 19.9. The van der Waals surface area contributed by atoms with Crippen LogP contribution in [0.3, 0.4) is 0 Å². The fourth-order valence-corrected chi connectivity index (χ4v) is 3.35. The van der Waals surface area contributed by atoms with E-state index in [1.165, 1.54) is 4.57 Å². The summed E-state index contributed by atoms with van der Waals surface area (Å²) in [6.45, 7) is 8.52. The largest absolute Gasteiger partial charge is 0.494 e. The lowest BCUT2D eigenvalue weighted by Crippen LogP contribution is -2.22. The molecule has 1 aromatic carbocycles. The maximum absolute atomic E-state index is 12.6. The molecule has 0 amide bonds. The molecule has 2 N–H and O–H groups in total. The molecule has 8 nitrogen and oxygen atoms in total. The predicted octanol–water partition coefficient (Wildman–Crippen LogP) is 3.88. The zero-order valence-corrected chi connectivity index (χ0v) is 19.2. The van der Waals surface area contributed by atoms with Crippen LogP contribution in [0.25, 0.3) is 5.69 Å². The Labute approximate surface area is 185 Å². The number of rotatable bonds is 6. The van der Waals surface area contributed by atoms with Crippen molar-refractivity contribution in [2.24, 2.45) is 4.99 Å². The second-order valence-corrected chi connectivity index (χ2v) is 8.57. The minimum absolute atomic E-state index is 0.0582. The van der Waals surface area contributed by atoms with Gasteiger partial charge in [0.15, 0.2) is 10.6 Å². The van der Waals surface area contributed by atoms with Crippen LogP contribution in [-0.2, 0) is 16.7 Å². The van der Waals surface area contributed by atoms with Gasteiger partial charge in [0, 0.05) is 18.6 Å². The maximum atomic E-state index is 12.6. The molecule has 0 fully saturated rings. The van der Waals surface area contributed by atoms with Gasteiger partial charge >= 0.3 is 0 Å². The van der Waals surface area contributed by atoms with Crippen LogP contribution in [0.1, 0.15) is 39.0 Å². The van der Waals surface area contributed by atoms with Crippen molar-refractivity contribution < 1.29 is 9.84 Å². The predicted molar refractivity (Wildman–Crippen MR) is 124 cm³/mol. The Balaban J connectivity index is 2.17. The number of methoxy groups -OCH3 is 1. The maximum Gasteiger partial charge on any atom is 0.264 e. The van der Waals surface area contributed by atoms with Gasteiger partial charge in [0.1, 0.15) is 5.56 Å². The van der Waals surface area contributed by atoms with Gasteiger partial charge in [0.25, 0.3) is 5.56 Å². The number of nitrogens with one attached hydrogen (secondary N) is 1. The van der Waals surface area contributed by atoms with Crippen molar-refractivity contribution in [2.45, 2.75) is 39.7 Å². The lowest BCUT2D eigenvalue weighted by molar-refractivity contribution is 0.182. The summed E-state index contributed by atoms with van der Waals surface area (Å²) < 4.78 is 8.35. The molecule has 0 saturated heterocycles. The van der Waals surface area contributed by atoms with Crippen LogP contribution in [0.5, 0.6) is 5.88 Å². The van der Waals surface area contributed by atoms with E-state index >= 15 is 0 Å². The Hall–Kier alpha value is -3.04. The molecule has 0 atom stereocenters. The highest BCUT2D eigenvalue weighted by atomic mass is 32.1. The van der Waals surface area contributed by atoms with Gasteiger partial charge in [0.05, 0.1) is 30.2 Å². The molecule has 0 unspecified atom stereocenters. The molecule has 0 aliphatic carbocycles. The zero-order chi connectivity index (χ0) is 22.8. The molecule has 0 bridgehead atoms. The van der Waals surface area contributed by atoms with E-state index < -0.39 is 5.56 Å². The lowest BCUT2D eigenvalue weighted by atomic mass is 9.92. The Kier molecular flexibility index (Phi) is 6.56. The molecule has 9 heteroatoms. The zero-order valence-electron chi connectivity index (χ0n) is 18.3. The quantitative estimate of drug-likeness (QED) is 0.447. The molecule has 2 heterocycles. The van der Waals surface area contributed by atoms with Crippen LogP contribution in [0.4, 0.5) is 5.82 Å². The van der Waals surface area contributed by atoms with Crippen molar-refractivity contribution in [3.8, 4) is 11.6 Å². The van der Waals surface area contributed by atoms with Crippen molar-refractivity contribution in [1.82, 2.24) is 19.3 Å². The van der Waals surface area contributed by atoms with E-state index in [1.807, 2.05) is 36.4 Å². The van der Waals surface area contributed by atoms with Crippen LogP contribution in [0.15, 0.2) is 46.2 Å². The smallest absolute Gasteiger partial charge is 0.264 e. The fourth-order valence-electron chi connectivity index (χ4n) is 3.08. The van der Waals surface area contributed by atoms with Crippen molar-refractivity contribution in [3.63, 3.8) is 0 Å². The number of nitrogens with zero attached hydrogens (tertiary/aromatic N) is 4. The molecule has 0 radical (unpaired) electrons. The third-order valence-corrected chi connectivity index (χ3v) is 5.12. The van der Waals surface area contributed by atoms with Crippen LogP contribution >= 0.6 is 12.2 Å². The van der Waals surface area contributed by atoms with E-state index in [4.69, 9.17) is 22.1 Å². The number of hydrogen-bond acceptors (Lipinski definition) is 6. The summed E-state index contributed by atoms with van der Waals surface area (Å²) in [6, 6.07) is 11.5. The molecular formula is C22H27N5O3S. The molecule has 3 aromatic rings. The van der Waals surface area contributed by atoms with Gasteiger partial charge in [-0.1, -0.05) is 39.0 Å². The van der Waals surface area contributed by atoms with Gasteiger partial charge in [-0.15, -0.1) is 0 Å². The molecule has 0 aliphatic heterocycles. The van der Waals surface area contributed by atoms with Crippen LogP contribution in [-0.4, -0.2) is 43.9 Å². The average molecular weight is 442 g/mol. The summed E-state index contributed by atoms with van der Waals surface area (Å²) in [6.07, 6.45) is 0. The highest BCUT2D eigenvalue weighted by Crippen LogP contribution is 2.28. The third-order valence-electron chi connectivity index (χ3n) is 4.79. The van der Waals surface area contributed by atoms with E-state index in [1.54, 1.807) is 18.7 Å². The molecule has 31 heavy (non-hydrogen) atoms. The summed E-state index contributed by atoms with van der Waals surface area (Å²) in [5.41, 5.74) is 1.42. The van der Waals surface area contributed by atoms with Gasteiger partial charge in [-0.3, -0.25) is 14.3 Å². The summed E-state index contributed by atoms with van der Waals surface area (Å²) in [7, 11) is 1.55. The van der Waals surface area contributed by atoms with E-state index in [9.17, 15) is 9.90 Å². The number of ether oxygens (including phenoxy) is 1. The molecule has 2 aromatic heterocycles. The minimum atomic E-state index is -0.501. The third kappa shape index (κ3) is 4.83. The van der Waals surface area contributed by atoms with Crippen molar-refractivity contribution >= 4 is 23.7 Å². The summed E-state index contributed by atoms with van der Waals surface area (Å²) in [5.74, 6) is 0.312. The van der Waals surface area contributed by atoms with E-state index in [0.717, 1.165) is 11.4 Å². The Morgan fingerprint density at radius 2 is 1.97 bits per heavy atom. The lowest BCUT2D eigenvalue weighted by Gasteiger charge is -2.14. The molecular weight excluding hydrogens is 414 g/mol. The first-order valence-electron chi connectivity index (χ1n) is 9.90. The number of aliphatic imine (C=N–C) groups is 1. The minimum Gasteiger partial charge on any atom is -0.494 e. The first-order valence-corrected chi connectivity index (χ1v) is 10.3. The molecule has 0 spiro atoms. The standard InChI is InChI=1S/C22H27N5O3S/c1-14(18-19(28)24-21(31)26(20(18)29)11-12-30-5)23-17-13-16(22(2,3)4)25-27(17)15-9-7-6-8-10-15/h6-10,13,29H,11-12H2,1-5H3,(H,24,28,31). The first kappa shape index (κ1) is 22.6. The van der Waals surface area contributed by atoms with Crippen molar-refractivity contribution in [3.05, 3.63) is 62.8 Å². The van der Waals surface area contributed by atoms with E-state index in [2.05, 4.69) is 30.7 Å². The van der Waals surface area contributed by atoms with E-state index in [-0.39, 0.29) is 21.6 Å². The van der Waals surface area contributed by atoms with Gasteiger partial charge in [0.2, 0.25) is 5.88 Å². The average Bonchev–Trinajstić information content (AvgIpc) is 3.12. The number of H-pyrrole nitrogens is 1. The number of benzene rings is 1. The van der Waals surface area contributed by atoms with Gasteiger partial charge in [-0.25, -0.2) is 9.67 Å². The van der Waals surface area contributed by atoms with Crippen molar-refractivity contribution in [1.29, 1.82) is 0 Å². The Morgan fingerprint density at radius 1 is 1.29 bits per heavy atom. The summed E-state index contributed by atoms with van der Waals surface area (Å²) in [5, 5.41) is 15.5. The second kappa shape index (κ2) is 8.99. The van der Waals surface area contributed by atoms with Crippen LogP contribution < -0.4 is 5.56 Å². The van der Waals surface area contributed by atoms with Crippen LogP contribution in [0, 0.1) is 4.77 Å². The number of hydrogen-bond donors (Lipinski definition) is 2. The number of aromatic nitrogens is 4. The van der Waals surface area contributed by atoms with Gasteiger partial charge in [-0.05, 0) is 31.3 Å². The van der Waals surface area contributed by atoms with Gasteiger partial charge in [-0.2, -0.15) is 5.10 Å². The number of aromatic hydroxyl groups is 1. The van der Waals surface area contributed by atoms with E-state index in [0.29, 0.717) is 24.7 Å². The topological polar surface area (TPSA) is 97.4 Å². The highest BCUT2D eigenvalue weighted by Gasteiger charge is 2.22. The van der Waals surface area contributed by atoms with Crippen LogP contribution in [0.2, 0.25) is 0 Å². The number of para-hydroxylation sites is 1. The Morgan fingerprint density at radius 3 is 2.58 bits per heavy atom. The normalized spacial score (nSPS) is 12.4. The molecule has 0 saturated carbocycles.